The first-order valence-corrected chi connectivity index (χ1v) is 7.17. The number of aryl methyl sites for hydroxylation is 1. The van der Waals surface area contributed by atoms with Gasteiger partial charge in [0, 0.05) is 13.6 Å². The lowest BCUT2D eigenvalue weighted by Gasteiger charge is -2.11. The number of ether oxygens (including phenoxy) is 1. The van der Waals surface area contributed by atoms with Crippen LogP contribution in [0.2, 0.25) is 5.02 Å². The monoisotopic (exact) mass is 307 g/mol. The first kappa shape index (κ1) is 15.4. The Balaban J connectivity index is 2.02. The van der Waals surface area contributed by atoms with E-state index in [0.29, 0.717) is 18.8 Å². The molecule has 0 saturated heterocycles. The second-order valence-corrected chi connectivity index (χ2v) is 4.90. The third-order valence-electron chi connectivity index (χ3n) is 3.06. The van der Waals surface area contributed by atoms with Crippen molar-refractivity contribution in [3.63, 3.8) is 0 Å². The molecular formula is C15H18ClN3O2. The smallest absolute Gasteiger partial charge is 0.287 e. The molecule has 21 heavy (non-hydrogen) atoms. The van der Waals surface area contributed by atoms with Gasteiger partial charge in [-0.1, -0.05) is 29.8 Å². The Labute approximate surface area is 128 Å². The molecule has 1 aromatic carbocycles. The molecule has 0 radical (unpaired) electrons. The number of benzene rings is 1. The number of halogens is 1. The molecule has 2 aromatic rings. The SMILES string of the molecule is CCOc1ccccc1CCNc1cnn(C)c(=O)c1Cl. The Kier molecular flexibility index (Phi) is 5.22. The fraction of sp³-hybridized carbons (Fsp3) is 0.333. The number of nitrogens with zero attached hydrogens (tertiary/aromatic N) is 2. The van der Waals surface area contributed by atoms with Crippen molar-refractivity contribution in [3.05, 3.63) is 51.4 Å². The van der Waals surface area contributed by atoms with E-state index in [-0.39, 0.29) is 10.6 Å². The van der Waals surface area contributed by atoms with Gasteiger partial charge < -0.3 is 10.1 Å². The highest BCUT2D eigenvalue weighted by Gasteiger charge is 2.07. The van der Waals surface area contributed by atoms with Crippen LogP contribution in [0.1, 0.15) is 12.5 Å². The summed E-state index contributed by atoms with van der Waals surface area (Å²) in [4.78, 5) is 11.7. The minimum atomic E-state index is -0.309. The van der Waals surface area contributed by atoms with Gasteiger partial charge in [0.05, 0.1) is 18.5 Å². The Hall–Kier alpha value is -2.01. The Morgan fingerprint density at radius 1 is 1.38 bits per heavy atom. The Morgan fingerprint density at radius 2 is 2.14 bits per heavy atom. The summed E-state index contributed by atoms with van der Waals surface area (Å²) in [5.41, 5.74) is 1.35. The maximum absolute atomic E-state index is 11.7. The lowest BCUT2D eigenvalue weighted by atomic mass is 10.1. The molecule has 1 N–H and O–H groups in total. The van der Waals surface area contributed by atoms with E-state index in [1.807, 2.05) is 31.2 Å². The maximum atomic E-state index is 11.7. The fourth-order valence-corrected chi connectivity index (χ4v) is 2.21. The summed E-state index contributed by atoms with van der Waals surface area (Å²) in [6.45, 7) is 3.23. The van der Waals surface area contributed by atoms with Gasteiger partial charge in [0.15, 0.2) is 0 Å². The molecule has 6 heteroatoms. The standard InChI is InChI=1S/C15H18ClN3O2/c1-3-21-13-7-5-4-6-11(13)8-9-17-12-10-18-19(2)15(20)14(12)16/h4-7,10,17H,3,8-9H2,1-2H3. The number of aromatic nitrogens is 2. The van der Waals surface area contributed by atoms with Gasteiger partial charge in [0.25, 0.3) is 5.56 Å². The van der Waals surface area contributed by atoms with E-state index in [1.165, 1.54) is 4.68 Å². The van der Waals surface area contributed by atoms with Gasteiger partial charge in [-0.05, 0) is 25.0 Å². The van der Waals surface area contributed by atoms with Crippen LogP contribution in [0.5, 0.6) is 5.75 Å². The van der Waals surface area contributed by atoms with Crippen molar-refractivity contribution in [2.24, 2.45) is 7.05 Å². The molecule has 0 spiro atoms. The largest absolute Gasteiger partial charge is 0.494 e. The molecule has 5 nitrogen and oxygen atoms in total. The third kappa shape index (κ3) is 3.76. The van der Waals surface area contributed by atoms with E-state index in [1.54, 1.807) is 13.2 Å². The molecule has 0 unspecified atom stereocenters. The van der Waals surface area contributed by atoms with Crippen LogP contribution in [0, 0.1) is 0 Å². The number of hydrogen-bond acceptors (Lipinski definition) is 4. The second kappa shape index (κ2) is 7.13. The summed E-state index contributed by atoms with van der Waals surface area (Å²) in [5, 5.41) is 7.24. The minimum Gasteiger partial charge on any atom is -0.494 e. The third-order valence-corrected chi connectivity index (χ3v) is 3.43. The fourth-order valence-electron chi connectivity index (χ4n) is 1.97. The van der Waals surface area contributed by atoms with Crippen LogP contribution in [0.25, 0.3) is 0 Å². The lowest BCUT2D eigenvalue weighted by Crippen LogP contribution is -2.21. The summed E-state index contributed by atoms with van der Waals surface area (Å²) >= 11 is 6.00. The summed E-state index contributed by atoms with van der Waals surface area (Å²) < 4.78 is 6.79. The van der Waals surface area contributed by atoms with E-state index in [2.05, 4.69) is 10.4 Å². The Morgan fingerprint density at radius 3 is 2.90 bits per heavy atom. The van der Waals surface area contributed by atoms with Crippen molar-refractivity contribution in [1.82, 2.24) is 9.78 Å². The topological polar surface area (TPSA) is 56.1 Å². The molecule has 2 rings (SSSR count). The van der Waals surface area contributed by atoms with Crippen molar-refractivity contribution < 1.29 is 4.74 Å². The predicted molar refractivity (Wildman–Crippen MR) is 84.3 cm³/mol. The minimum absolute atomic E-state index is 0.158. The van der Waals surface area contributed by atoms with E-state index in [9.17, 15) is 4.79 Å². The van der Waals surface area contributed by atoms with E-state index in [4.69, 9.17) is 16.3 Å². The summed E-state index contributed by atoms with van der Waals surface area (Å²) in [5.74, 6) is 0.884. The summed E-state index contributed by atoms with van der Waals surface area (Å²) in [6, 6.07) is 7.90. The first-order valence-electron chi connectivity index (χ1n) is 6.80. The van der Waals surface area contributed by atoms with Crippen LogP contribution in [0.15, 0.2) is 35.3 Å². The van der Waals surface area contributed by atoms with Gasteiger partial charge in [0.2, 0.25) is 0 Å². The quantitative estimate of drug-likeness (QED) is 0.891. The van der Waals surface area contributed by atoms with Crippen molar-refractivity contribution in [3.8, 4) is 5.75 Å². The zero-order chi connectivity index (χ0) is 15.2. The number of para-hydroxylation sites is 1. The molecule has 0 fully saturated rings. The van der Waals surface area contributed by atoms with Crippen LogP contribution in [-0.2, 0) is 13.5 Å². The van der Waals surface area contributed by atoms with Gasteiger partial charge in [-0.3, -0.25) is 4.79 Å². The van der Waals surface area contributed by atoms with Gasteiger partial charge >= 0.3 is 0 Å². The van der Waals surface area contributed by atoms with Crippen molar-refractivity contribution in [1.29, 1.82) is 0 Å². The second-order valence-electron chi connectivity index (χ2n) is 4.52. The van der Waals surface area contributed by atoms with Crippen LogP contribution in [0.4, 0.5) is 5.69 Å². The van der Waals surface area contributed by atoms with Gasteiger partial charge in [-0.2, -0.15) is 5.10 Å². The molecular weight excluding hydrogens is 290 g/mol. The molecule has 0 saturated carbocycles. The highest BCUT2D eigenvalue weighted by atomic mass is 35.5. The summed E-state index contributed by atoms with van der Waals surface area (Å²) in [6.07, 6.45) is 2.32. The molecule has 112 valence electrons. The van der Waals surface area contributed by atoms with Crippen molar-refractivity contribution in [2.45, 2.75) is 13.3 Å². The molecule has 1 aromatic heterocycles. The van der Waals surface area contributed by atoms with Crippen LogP contribution < -0.4 is 15.6 Å². The summed E-state index contributed by atoms with van der Waals surface area (Å²) in [7, 11) is 1.57. The first-order chi connectivity index (χ1) is 10.1. The zero-order valence-corrected chi connectivity index (χ0v) is 12.9. The molecule has 0 atom stereocenters. The zero-order valence-electron chi connectivity index (χ0n) is 12.1. The highest BCUT2D eigenvalue weighted by Crippen LogP contribution is 2.19. The molecule has 0 aliphatic carbocycles. The van der Waals surface area contributed by atoms with E-state index in [0.717, 1.165) is 17.7 Å². The number of anilines is 1. The molecule has 0 aliphatic rings. The molecule has 1 heterocycles. The average molecular weight is 308 g/mol. The van der Waals surface area contributed by atoms with Gasteiger partial charge in [0.1, 0.15) is 10.8 Å². The van der Waals surface area contributed by atoms with Crippen LogP contribution >= 0.6 is 11.6 Å². The average Bonchev–Trinajstić information content (AvgIpc) is 2.49. The van der Waals surface area contributed by atoms with E-state index < -0.39 is 0 Å². The van der Waals surface area contributed by atoms with Crippen molar-refractivity contribution in [2.75, 3.05) is 18.5 Å². The van der Waals surface area contributed by atoms with Gasteiger partial charge in [-0.25, -0.2) is 4.68 Å². The lowest BCUT2D eigenvalue weighted by molar-refractivity contribution is 0.336. The van der Waals surface area contributed by atoms with Crippen LogP contribution in [-0.4, -0.2) is 22.9 Å². The molecule has 0 bridgehead atoms. The Bertz CT molecular complexity index is 670. The van der Waals surface area contributed by atoms with E-state index >= 15 is 0 Å². The van der Waals surface area contributed by atoms with Gasteiger partial charge in [-0.15, -0.1) is 0 Å². The normalized spacial score (nSPS) is 10.4. The number of hydrogen-bond donors (Lipinski definition) is 1. The number of rotatable bonds is 6. The molecule has 0 amide bonds. The maximum Gasteiger partial charge on any atom is 0.287 e. The van der Waals surface area contributed by atoms with Crippen molar-refractivity contribution >= 4 is 17.3 Å². The highest BCUT2D eigenvalue weighted by molar-refractivity contribution is 6.32. The predicted octanol–water partition coefficient (Wildman–Crippen LogP) is 2.49. The number of nitrogens with one attached hydrogen (secondary N) is 1. The molecule has 0 aliphatic heterocycles. The van der Waals surface area contributed by atoms with Crippen LogP contribution in [0.3, 0.4) is 0 Å².